The monoisotopic (exact) mass is 349 g/mol. The maximum atomic E-state index is 6.03. The van der Waals surface area contributed by atoms with E-state index in [0.717, 1.165) is 22.4 Å². The molecule has 0 fully saturated rings. The van der Waals surface area contributed by atoms with Crippen LogP contribution in [0.25, 0.3) is 11.0 Å². The summed E-state index contributed by atoms with van der Waals surface area (Å²) in [6, 6.07) is 10.7. The summed E-state index contributed by atoms with van der Waals surface area (Å²) in [5.41, 5.74) is 2.20. The molecule has 0 amide bonds. The van der Waals surface area contributed by atoms with E-state index in [1.165, 1.54) is 15.8 Å². The molecule has 0 spiro atoms. The zero-order valence-corrected chi connectivity index (χ0v) is 13.8. The smallest absolute Gasteiger partial charge is 0.134 e. The number of halogens is 1. The molecule has 1 unspecified atom stereocenters. The first-order valence-electron chi connectivity index (χ1n) is 6.65. The molecule has 0 saturated heterocycles. The Morgan fingerprint density at radius 3 is 2.85 bits per heavy atom. The summed E-state index contributed by atoms with van der Waals surface area (Å²) >= 11 is 5.26. The number of rotatable bonds is 4. The van der Waals surface area contributed by atoms with Crippen LogP contribution in [0.3, 0.4) is 0 Å². The van der Waals surface area contributed by atoms with Crippen molar-refractivity contribution in [2.24, 2.45) is 0 Å². The third kappa shape index (κ3) is 2.68. The molecule has 3 aromatic rings. The summed E-state index contributed by atoms with van der Waals surface area (Å²) in [6.07, 6.45) is 0. The van der Waals surface area contributed by atoms with E-state index < -0.39 is 0 Å². The molecular formula is C16H16BrNOS. The Hall–Kier alpha value is -1.10. The molecule has 2 aromatic heterocycles. The summed E-state index contributed by atoms with van der Waals surface area (Å²) in [6.45, 7) is 5.11. The first-order valence-corrected chi connectivity index (χ1v) is 8.32. The average Bonchev–Trinajstić information content (AvgIpc) is 3.01. The van der Waals surface area contributed by atoms with Gasteiger partial charge in [0.25, 0.3) is 0 Å². The van der Waals surface area contributed by atoms with E-state index in [1.54, 1.807) is 11.3 Å². The van der Waals surface area contributed by atoms with Crippen LogP contribution in [0.5, 0.6) is 0 Å². The normalized spacial score (nSPS) is 12.9. The van der Waals surface area contributed by atoms with Gasteiger partial charge in [-0.2, -0.15) is 0 Å². The number of hydrogen-bond acceptors (Lipinski definition) is 3. The molecule has 2 heterocycles. The van der Waals surface area contributed by atoms with Crippen LogP contribution in [0.15, 0.2) is 44.6 Å². The summed E-state index contributed by atoms with van der Waals surface area (Å²) in [5, 5.41) is 6.77. The minimum atomic E-state index is 0.115. The van der Waals surface area contributed by atoms with Gasteiger partial charge in [0, 0.05) is 20.1 Å². The Morgan fingerprint density at radius 2 is 2.15 bits per heavy atom. The van der Waals surface area contributed by atoms with Gasteiger partial charge in [0.2, 0.25) is 0 Å². The molecule has 0 aliphatic heterocycles. The summed E-state index contributed by atoms with van der Waals surface area (Å²) in [5.74, 6) is 0.974. The molecule has 0 saturated carbocycles. The number of aryl methyl sites for hydroxylation is 1. The fourth-order valence-corrected chi connectivity index (χ4v) is 3.88. The van der Waals surface area contributed by atoms with Crippen LogP contribution in [-0.4, -0.2) is 6.54 Å². The predicted octanol–water partition coefficient (Wildman–Crippen LogP) is 5.26. The molecule has 20 heavy (non-hydrogen) atoms. The Morgan fingerprint density at radius 1 is 1.30 bits per heavy atom. The van der Waals surface area contributed by atoms with Gasteiger partial charge in [0.05, 0.1) is 0 Å². The van der Waals surface area contributed by atoms with E-state index >= 15 is 0 Å². The molecular weight excluding hydrogens is 334 g/mol. The second-order valence-corrected chi connectivity index (χ2v) is 6.71. The van der Waals surface area contributed by atoms with Gasteiger partial charge in [0.1, 0.15) is 17.4 Å². The van der Waals surface area contributed by atoms with Gasteiger partial charge >= 0.3 is 0 Å². The minimum Gasteiger partial charge on any atom is -0.459 e. The molecule has 104 valence electrons. The van der Waals surface area contributed by atoms with Crippen LogP contribution in [0.4, 0.5) is 0 Å². The second kappa shape index (κ2) is 5.72. The molecule has 1 aromatic carbocycles. The van der Waals surface area contributed by atoms with Crippen molar-refractivity contribution in [3.63, 3.8) is 0 Å². The van der Waals surface area contributed by atoms with Crippen molar-refractivity contribution >= 4 is 38.2 Å². The van der Waals surface area contributed by atoms with Gasteiger partial charge in [-0.3, -0.25) is 0 Å². The Labute approximate surface area is 130 Å². The van der Waals surface area contributed by atoms with E-state index in [-0.39, 0.29) is 6.04 Å². The van der Waals surface area contributed by atoms with E-state index in [4.69, 9.17) is 4.42 Å². The van der Waals surface area contributed by atoms with Crippen molar-refractivity contribution in [1.82, 2.24) is 5.32 Å². The lowest BCUT2D eigenvalue weighted by Gasteiger charge is -2.13. The zero-order chi connectivity index (χ0) is 14.1. The maximum Gasteiger partial charge on any atom is 0.134 e. The average molecular weight is 350 g/mol. The Bertz CT molecular complexity index is 731. The van der Waals surface area contributed by atoms with Gasteiger partial charge in [-0.15, -0.1) is 11.3 Å². The van der Waals surface area contributed by atoms with Crippen LogP contribution < -0.4 is 5.32 Å². The van der Waals surface area contributed by atoms with Crippen LogP contribution in [-0.2, 0) is 0 Å². The van der Waals surface area contributed by atoms with Gasteiger partial charge in [0.15, 0.2) is 0 Å². The quantitative estimate of drug-likeness (QED) is 0.694. The highest BCUT2D eigenvalue weighted by Crippen LogP contribution is 2.33. The minimum absolute atomic E-state index is 0.115. The van der Waals surface area contributed by atoms with Crippen LogP contribution >= 0.6 is 27.3 Å². The molecule has 2 nitrogen and oxygen atoms in total. The first-order chi connectivity index (χ1) is 9.67. The molecule has 0 bridgehead atoms. The van der Waals surface area contributed by atoms with Gasteiger partial charge in [-0.05, 0) is 53.7 Å². The summed E-state index contributed by atoms with van der Waals surface area (Å²) in [4.78, 5) is 1.26. The number of nitrogens with one attached hydrogen (secondary N) is 1. The predicted molar refractivity (Wildman–Crippen MR) is 88.5 cm³/mol. The highest BCUT2D eigenvalue weighted by Gasteiger charge is 2.19. The third-order valence-electron chi connectivity index (χ3n) is 3.26. The van der Waals surface area contributed by atoms with Crippen molar-refractivity contribution in [2.45, 2.75) is 19.9 Å². The number of thiophene rings is 1. The van der Waals surface area contributed by atoms with Gasteiger partial charge in [-0.25, -0.2) is 0 Å². The Balaban J connectivity index is 2.04. The lowest BCUT2D eigenvalue weighted by molar-refractivity contribution is 0.481. The third-order valence-corrected chi connectivity index (χ3v) is 5.01. The SMILES string of the molecule is CCNC(c1cc2cc(C)ccc2o1)c1cc(Br)cs1. The van der Waals surface area contributed by atoms with E-state index in [1.807, 2.05) is 6.07 Å². The highest BCUT2D eigenvalue weighted by atomic mass is 79.9. The zero-order valence-electron chi connectivity index (χ0n) is 11.4. The van der Waals surface area contributed by atoms with Gasteiger partial charge in [-0.1, -0.05) is 18.6 Å². The molecule has 1 atom stereocenters. The fraction of sp³-hybridized carbons (Fsp3) is 0.250. The molecule has 0 aliphatic carbocycles. The van der Waals surface area contributed by atoms with E-state index in [0.29, 0.717) is 0 Å². The topological polar surface area (TPSA) is 25.2 Å². The largest absolute Gasteiger partial charge is 0.459 e. The van der Waals surface area contributed by atoms with E-state index in [2.05, 4.69) is 64.7 Å². The van der Waals surface area contributed by atoms with E-state index in [9.17, 15) is 0 Å². The number of benzene rings is 1. The van der Waals surface area contributed by atoms with Gasteiger partial charge < -0.3 is 9.73 Å². The lowest BCUT2D eigenvalue weighted by Crippen LogP contribution is -2.20. The standard InChI is InChI=1S/C16H16BrNOS/c1-3-18-16(15-8-12(17)9-20-15)14-7-11-6-10(2)4-5-13(11)19-14/h4-9,16,18H,3H2,1-2H3. The fourth-order valence-electron chi connectivity index (χ4n) is 2.35. The molecule has 0 radical (unpaired) electrons. The van der Waals surface area contributed by atoms with Crippen molar-refractivity contribution in [2.75, 3.05) is 6.54 Å². The summed E-state index contributed by atoms with van der Waals surface area (Å²) < 4.78 is 7.15. The van der Waals surface area contributed by atoms with Crippen molar-refractivity contribution in [3.05, 3.63) is 56.4 Å². The number of fused-ring (bicyclic) bond motifs is 1. The second-order valence-electron chi connectivity index (χ2n) is 4.85. The van der Waals surface area contributed by atoms with Crippen molar-refractivity contribution in [1.29, 1.82) is 0 Å². The lowest BCUT2D eigenvalue weighted by atomic mass is 10.1. The first kappa shape index (κ1) is 13.9. The van der Waals surface area contributed by atoms with Crippen LogP contribution in [0.2, 0.25) is 0 Å². The number of hydrogen-bond donors (Lipinski definition) is 1. The number of furan rings is 1. The van der Waals surface area contributed by atoms with Crippen molar-refractivity contribution < 1.29 is 4.42 Å². The molecule has 1 N–H and O–H groups in total. The maximum absolute atomic E-state index is 6.03. The molecule has 4 heteroatoms. The highest BCUT2D eigenvalue weighted by molar-refractivity contribution is 9.10. The summed E-state index contributed by atoms with van der Waals surface area (Å²) in [7, 11) is 0. The van der Waals surface area contributed by atoms with Crippen LogP contribution in [0, 0.1) is 6.92 Å². The molecule has 0 aliphatic rings. The van der Waals surface area contributed by atoms with Crippen LogP contribution in [0.1, 0.15) is 29.2 Å². The molecule has 3 rings (SSSR count). The van der Waals surface area contributed by atoms with Crippen molar-refractivity contribution in [3.8, 4) is 0 Å². The Kier molecular flexibility index (Phi) is 3.96.